The summed E-state index contributed by atoms with van der Waals surface area (Å²) in [5, 5.41) is 16.2. The molecular formula is C20H19N3O3. The molecule has 0 spiro atoms. The number of carbonyl (C=O) groups excluding carboxylic acids is 1. The number of nitrogens with zero attached hydrogens (tertiary/aromatic N) is 1. The van der Waals surface area contributed by atoms with E-state index >= 15 is 0 Å². The van der Waals surface area contributed by atoms with Crippen LogP contribution in [0.5, 0.6) is 0 Å². The van der Waals surface area contributed by atoms with E-state index < -0.39 is 5.97 Å². The Kier molecular flexibility index (Phi) is 4.84. The molecule has 6 nitrogen and oxygen atoms in total. The van der Waals surface area contributed by atoms with Gasteiger partial charge in [-0.25, -0.2) is 0 Å². The highest BCUT2D eigenvalue weighted by atomic mass is 16.4. The lowest BCUT2D eigenvalue weighted by Crippen LogP contribution is -2.09. The number of aliphatic carboxylic acids is 1. The van der Waals surface area contributed by atoms with Crippen LogP contribution in [0, 0.1) is 6.92 Å². The van der Waals surface area contributed by atoms with Gasteiger partial charge in [0, 0.05) is 34.9 Å². The Balaban J connectivity index is 2.11. The highest BCUT2D eigenvalue weighted by molar-refractivity contribution is 5.97. The molecule has 26 heavy (non-hydrogen) atoms. The van der Waals surface area contributed by atoms with Crippen molar-refractivity contribution in [1.82, 2.24) is 4.98 Å². The third-order valence-corrected chi connectivity index (χ3v) is 3.98. The number of amides is 1. The summed E-state index contributed by atoms with van der Waals surface area (Å²) in [6.07, 6.45) is -0.128. The quantitative estimate of drug-likeness (QED) is 0.650. The fourth-order valence-corrected chi connectivity index (χ4v) is 2.91. The fourth-order valence-electron chi connectivity index (χ4n) is 2.91. The van der Waals surface area contributed by atoms with Crippen molar-refractivity contribution >= 4 is 39.8 Å². The number of fused-ring (bicyclic) bond motifs is 1. The molecule has 0 aliphatic rings. The Bertz CT molecular complexity index is 999. The van der Waals surface area contributed by atoms with Crippen molar-refractivity contribution < 1.29 is 14.7 Å². The van der Waals surface area contributed by atoms with Crippen LogP contribution in [0.4, 0.5) is 17.1 Å². The lowest BCUT2D eigenvalue weighted by molar-refractivity contribution is -0.136. The average molecular weight is 349 g/mol. The number of nitrogens with one attached hydrogen (secondary N) is 2. The first kappa shape index (κ1) is 17.4. The maximum absolute atomic E-state index is 11.3. The molecule has 0 bridgehead atoms. The molecule has 2 aromatic carbocycles. The Labute approximate surface area is 150 Å². The largest absolute Gasteiger partial charge is 0.481 e. The molecule has 0 aliphatic carbocycles. The van der Waals surface area contributed by atoms with E-state index in [0.29, 0.717) is 16.9 Å². The molecule has 3 N–H and O–H groups in total. The summed E-state index contributed by atoms with van der Waals surface area (Å²) >= 11 is 0. The standard InChI is InChI=1S/C20H19N3O3/c1-12-17(11-19(25)26)20(16-8-3-4-9-18(16)21-12)23-15-7-5-6-14(10-15)22-13(2)24/h3-10H,11H2,1-2H3,(H,21,23)(H,22,24)(H,25,26). The summed E-state index contributed by atoms with van der Waals surface area (Å²) in [5.74, 6) is -1.07. The minimum atomic E-state index is -0.916. The first-order valence-corrected chi connectivity index (χ1v) is 8.18. The van der Waals surface area contributed by atoms with E-state index in [1.54, 1.807) is 12.1 Å². The van der Waals surface area contributed by atoms with E-state index in [-0.39, 0.29) is 12.3 Å². The number of para-hydroxylation sites is 1. The number of hydrogen-bond acceptors (Lipinski definition) is 4. The number of aromatic nitrogens is 1. The van der Waals surface area contributed by atoms with Crippen molar-refractivity contribution in [3.05, 3.63) is 59.8 Å². The van der Waals surface area contributed by atoms with Crippen LogP contribution in [-0.4, -0.2) is 22.0 Å². The van der Waals surface area contributed by atoms with E-state index in [4.69, 9.17) is 0 Å². The number of pyridine rings is 1. The number of aryl methyl sites for hydroxylation is 1. The summed E-state index contributed by atoms with van der Waals surface area (Å²) in [5.41, 5.74) is 4.24. The number of anilines is 3. The monoisotopic (exact) mass is 349 g/mol. The maximum Gasteiger partial charge on any atom is 0.307 e. The van der Waals surface area contributed by atoms with Gasteiger partial charge in [0.2, 0.25) is 5.91 Å². The van der Waals surface area contributed by atoms with Crippen LogP contribution in [0.25, 0.3) is 10.9 Å². The molecule has 0 aliphatic heterocycles. The zero-order valence-corrected chi connectivity index (χ0v) is 14.5. The molecule has 0 saturated heterocycles. The third-order valence-electron chi connectivity index (χ3n) is 3.98. The van der Waals surface area contributed by atoms with Gasteiger partial charge >= 0.3 is 5.97 Å². The summed E-state index contributed by atoms with van der Waals surface area (Å²) in [6, 6.07) is 14.9. The third kappa shape index (κ3) is 3.80. The normalized spacial score (nSPS) is 10.5. The number of carboxylic acids is 1. The van der Waals surface area contributed by atoms with Gasteiger partial charge in [0.1, 0.15) is 0 Å². The van der Waals surface area contributed by atoms with Crippen molar-refractivity contribution in [3.8, 4) is 0 Å². The van der Waals surface area contributed by atoms with Crippen LogP contribution < -0.4 is 10.6 Å². The Hall–Kier alpha value is -3.41. The second-order valence-electron chi connectivity index (χ2n) is 6.03. The van der Waals surface area contributed by atoms with Gasteiger partial charge in [-0.1, -0.05) is 24.3 Å². The van der Waals surface area contributed by atoms with Gasteiger partial charge in [-0.3, -0.25) is 14.6 Å². The van der Waals surface area contributed by atoms with Crippen molar-refractivity contribution in [2.24, 2.45) is 0 Å². The molecule has 3 aromatic rings. The van der Waals surface area contributed by atoms with Crippen molar-refractivity contribution in [2.75, 3.05) is 10.6 Å². The van der Waals surface area contributed by atoms with Crippen molar-refractivity contribution in [3.63, 3.8) is 0 Å². The summed E-state index contributed by atoms with van der Waals surface area (Å²) in [4.78, 5) is 27.1. The molecule has 6 heteroatoms. The first-order chi connectivity index (χ1) is 12.4. The van der Waals surface area contributed by atoms with Gasteiger partial charge in [0.05, 0.1) is 17.6 Å². The second-order valence-corrected chi connectivity index (χ2v) is 6.03. The highest BCUT2D eigenvalue weighted by Gasteiger charge is 2.15. The lowest BCUT2D eigenvalue weighted by Gasteiger charge is -2.17. The Morgan fingerprint density at radius 2 is 1.81 bits per heavy atom. The Morgan fingerprint density at radius 3 is 2.54 bits per heavy atom. The minimum Gasteiger partial charge on any atom is -0.481 e. The molecule has 0 atom stereocenters. The predicted molar refractivity (Wildman–Crippen MR) is 102 cm³/mol. The SMILES string of the molecule is CC(=O)Nc1cccc(Nc2c(CC(=O)O)c(C)nc3ccccc23)c1. The zero-order valence-electron chi connectivity index (χ0n) is 14.5. The van der Waals surface area contributed by atoms with Crippen LogP contribution in [0.1, 0.15) is 18.2 Å². The van der Waals surface area contributed by atoms with Gasteiger partial charge in [-0.05, 0) is 31.2 Å². The molecule has 1 amide bonds. The van der Waals surface area contributed by atoms with E-state index in [1.165, 1.54) is 6.92 Å². The van der Waals surface area contributed by atoms with Crippen LogP contribution >= 0.6 is 0 Å². The Morgan fingerprint density at radius 1 is 1.08 bits per heavy atom. The lowest BCUT2D eigenvalue weighted by atomic mass is 10.0. The van der Waals surface area contributed by atoms with Gasteiger partial charge in [0.15, 0.2) is 0 Å². The first-order valence-electron chi connectivity index (χ1n) is 8.18. The van der Waals surface area contributed by atoms with Gasteiger partial charge in [0.25, 0.3) is 0 Å². The summed E-state index contributed by atoms with van der Waals surface area (Å²) in [7, 11) is 0. The van der Waals surface area contributed by atoms with Gasteiger partial charge in [-0.15, -0.1) is 0 Å². The molecule has 0 radical (unpaired) electrons. The van der Waals surface area contributed by atoms with Crippen LogP contribution in [-0.2, 0) is 16.0 Å². The molecule has 132 valence electrons. The van der Waals surface area contributed by atoms with Gasteiger partial charge < -0.3 is 15.7 Å². The second kappa shape index (κ2) is 7.23. The zero-order chi connectivity index (χ0) is 18.7. The topological polar surface area (TPSA) is 91.3 Å². The predicted octanol–water partition coefficient (Wildman–Crippen LogP) is 3.87. The number of carbonyl (C=O) groups is 2. The molecule has 1 aromatic heterocycles. The average Bonchev–Trinajstić information content (AvgIpc) is 2.57. The summed E-state index contributed by atoms with van der Waals surface area (Å²) < 4.78 is 0. The van der Waals surface area contributed by atoms with Crippen LogP contribution in [0.2, 0.25) is 0 Å². The smallest absolute Gasteiger partial charge is 0.307 e. The highest BCUT2D eigenvalue weighted by Crippen LogP contribution is 2.32. The molecular weight excluding hydrogens is 330 g/mol. The maximum atomic E-state index is 11.3. The number of hydrogen-bond donors (Lipinski definition) is 3. The van der Waals surface area contributed by atoms with E-state index in [1.807, 2.05) is 43.3 Å². The van der Waals surface area contributed by atoms with E-state index in [2.05, 4.69) is 15.6 Å². The van der Waals surface area contributed by atoms with Crippen LogP contribution in [0.3, 0.4) is 0 Å². The van der Waals surface area contributed by atoms with Crippen molar-refractivity contribution in [1.29, 1.82) is 0 Å². The minimum absolute atomic E-state index is 0.128. The molecule has 0 unspecified atom stereocenters. The molecule has 3 rings (SSSR count). The summed E-state index contributed by atoms with van der Waals surface area (Å²) in [6.45, 7) is 3.26. The molecule has 0 saturated carbocycles. The fraction of sp³-hybridized carbons (Fsp3) is 0.150. The van der Waals surface area contributed by atoms with E-state index in [0.717, 1.165) is 22.3 Å². The van der Waals surface area contributed by atoms with Crippen LogP contribution in [0.15, 0.2) is 48.5 Å². The van der Waals surface area contributed by atoms with Gasteiger partial charge in [-0.2, -0.15) is 0 Å². The molecule has 0 fully saturated rings. The molecule has 1 heterocycles. The van der Waals surface area contributed by atoms with Crippen molar-refractivity contribution in [2.45, 2.75) is 20.3 Å². The number of benzene rings is 2. The van der Waals surface area contributed by atoms with E-state index in [9.17, 15) is 14.7 Å². The number of carboxylic acid groups (broad SMARTS) is 1. The number of rotatable bonds is 5.